The van der Waals surface area contributed by atoms with Gasteiger partial charge in [-0.25, -0.2) is 13.9 Å². The molecule has 3 aromatic rings. The number of aromatic nitrogens is 3. The normalized spacial score (nSPS) is 12.3. The van der Waals surface area contributed by atoms with Gasteiger partial charge in [0.2, 0.25) is 0 Å². The van der Waals surface area contributed by atoms with Gasteiger partial charge in [0.05, 0.1) is 17.5 Å². The number of carbonyl (C=O) groups excluding carboxylic acids is 1. The zero-order valence-electron chi connectivity index (χ0n) is 16.7. The lowest BCUT2D eigenvalue weighted by atomic mass is 9.99. The first-order valence-corrected chi connectivity index (χ1v) is 9.92. The van der Waals surface area contributed by atoms with E-state index in [-0.39, 0.29) is 11.7 Å². The van der Waals surface area contributed by atoms with Crippen LogP contribution in [0.25, 0.3) is 16.8 Å². The van der Waals surface area contributed by atoms with Gasteiger partial charge >= 0.3 is 0 Å². The van der Waals surface area contributed by atoms with Crippen LogP contribution in [0.1, 0.15) is 55.6 Å². The molecule has 6 heteroatoms. The van der Waals surface area contributed by atoms with Crippen LogP contribution in [-0.4, -0.2) is 27.0 Å². The minimum Gasteiger partial charge on any atom is -0.352 e. The summed E-state index contributed by atoms with van der Waals surface area (Å²) in [7, 11) is 0. The Bertz CT molecular complexity index is 949. The zero-order chi connectivity index (χ0) is 20.1. The number of aryl methyl sites for hydroxylation is 1. The maximum Gasteiger partial charge on any atom is 0.254 e. The lowest BCUT2D eigenvalue weighted by Gasteiger charge is -2.16. The van der Waals surface area contributed by atoms with E-state index in [2.05, 4.69) is 29.2 Å². The average molecular weight is 382 g/mol. The number of carbonyl (C=O) groups is 1. The highest BCUT2D eigenvalue weighted by atomic mass is 19.1. The van der Waals surface area contributed by atoms with Crippen LogP contribution in [0, 0.1) is 18.7 Å². The van der Waals surface area contributed by atoms with Gasteiger partial charge in [-0.05, 0) is 37.0 Å². The third-order valence-corrected chi connectivity index (χ3v) is 5.26. The van der Waals surface area contributed by atoms with Crippen molar-refractivity contribution in [1.29, 1.82) is 0 Å². The van der Waals surface area contributed by atoms with E-state index in [9.17, 15) is 9.18 Å². The third-order valence-electron chi connectivity index (χ3n) is 5.26. The number of nitrogens with one attached hydrogen (secondary N) is 1. The molecule has 28 heavy (non-hydrogen) atoms. The predicted octanol–water partition coefficient (Wildman–Crippen LogP) is 4.79. The Hall–Kier alpha value is -2.76. The van der Waals surface area contributed by atoms with Crippen molar-refractivity contribution in [1.82, 2.24) is 19.9 Å². The van der Waals surface area contributed by atoms with Gasteiger partial charge in [0.25, 0.3) is 5.91 Å². The third kappa shape index (κ3) is 4.21. The number of hydrogen-bond donors (Lipinski definition) is 1. The molecule has 0 aliphatic carbocycles. The molecule has 148 valence electrons. The Morgan fingerprint density at radius 1 is 1.21 bits per heavy atom. The molecule has 0 fully saturated rings. The summed E-state index contributed by atoms with van der Waals surface area (Å²) in [5.41, 5.74) is 3.54. The summed E-state index contributed by atoms with van der Waals surface area (Å²) in [4.78, 5) is 17.1. The fraction of sp³-hybridized carbons (Fsp3) is 0.409. The van der Waals surface area contributed by atoms with Crippen LogP contribution in [0.15, 0.2) is 36.7 Å². The van der Waals surface area contributed by atoms with Crippen LogP contribution >= 0.6 is 0 Å². The van der Waals surface area contributed by atoms with E-state index in [1.165, 1.54) is 25.0 Å². The summed E-state index contributed by atoms with van der Waals surface area (Å²) in [6.07, 6.45) is 7.82. The second-order valence-electron chi connectivity index (χ2n) is 7.18. The number of rotatable bonds is 8. The first-order chi connectivity index (χ1) is 13.5. The van der Waals surface area contributed by atoms with Gasteiger partial charge in [-0.3, -0.25) is 4.79 Å². The quantitative estimate of drug-likeness (QED) is 0.609. The Kier molecular flexibility index (Phi) is 6.39. The van der Waals surface area contributed by atoms with E-state index in [0.29, 0.717) is 23.7 Å². The van der Waals surface area contributed by atoms with Crippen molar-refractivity contribution in [2.45, 2.75) is 46.5 Å². The van der Waals surface area contributed by atoms with Crippen molar-refractivity contribution < 1.29 is 9.18 Å². The van der Waals surface area contributed by atoms with Gasteiger partial charge < -0.3 is 5.32 Å². The molecule has 1 aromatic carbocycles. The maximum absolute atomic E-state index is 13.2. The van der Waals surface area contributed by atoms with Gasteiger partial charge in [-0.2, -0.15) is 5.10 Å². The average Bonchev–Trinajstić information content (AvgIpc) is 3.14. The molecule has 5 nitrogen and oxygen atoms in total. The van der Waals surface area contributed by atoms with Gasteiger partial charge in [0.15, 0.2) is 5.65 Å². The fourth-order valence-electron chi connectivity index (χ4n) is 3.38. The lowest BCUT2D eigenvalue weighted by molar-refractivity contribution is 0.0944. The number of nitrogens with zero attached hydrogens (tertiary/aromatic N) is 3. The Morgan fingerprint density at radius 3 is 2.64 bits per heavy atom. The summed E-state index contributed by atoms with van der Waals surface area (Å²) in [5.74, 6) is 0.0870. The molecule has 1 atom stereocenters. The molecule has 0 saturated heterocycles. The summed E-state index contributed by atoms with van der Waals surface area (Å²) in [6.45, 7) is 6.87. The van der Waals surface area contributed by atoms with E-state index in [0.717, 1.165) is 29.7 Å². The molecule has 3 rings (SSSR count). The highest BCUT2D eigenvalue weighted by Gasteiger charge is 2.17. The van der Waals surface area contributed by atoms with E-state index in [4.69, 9.17) is 0 Å². The number of fused-ring (bicyclic) bond motifs is 1. The first-order valence-electron chi connectivity index (χ1n) is 9.92. The molecule has 1 N–H and O–H groups in total. The highest BCUT2D eigenvalue weighted by Crippen LogP contribution is 2.24. The number of amides is 1. The smallest absolute Gasteiger partial charge is 0.254 e. The highest BCUT2D eigenvalue weighted by molar-refractivity contribution is 5.95. The monoisotopic (exact) mass is 382 g/mol. The largest absolute Gasteiger partial charge is 0.352 e. The van der Waals surface area contributed by atoms with Crippen molar-refractivity contribution in [2.24, 2.45) is 5.92 Å². The van der Waals surface area contributed by atoms with Gasteiger partial charge in [-0.1, -0.05) is 45.2 Å². The minimum atomic E-state index is -0.285. The van der Waals surface area contributed by atoms with E-state index in [1.54, 1.807) is 29.0 Å². The predicted molar refractivity (Wildman–Crippen MR) is 109 cm³/mol. The van der Waals surface area contributed by atoms with Crippen molar-refractivity contribution in [2.75, 3.05) is 6.54 Å². The van der Waals surface area contributed by atoms with Gasteiger partial charge in [0, 0.05) is 18.3 Å². The molecule has 0 aliphatic rings. The van der Waals surface area contributed by atoms with Crippen molar-refractivity contribution in [3.05, 3.63) is 53.7 Å². The molecule has 1 unspecified atom stereocenters. The van der Waals surface area contributed by atoms with Crippen LogP contribution in [0.2, 0.25) is 0 Å². The number of halogens is 1. The molecule has 0 saturated carbocycles. The second-order valence-corrected chi connectivity index (χ2v) is 7.18. The summed E-state index contributed by atoms with van der Waals surface area (Å²) in [5, 5.41) is 7.44. The summed E-state index contributed by atoms with van der Waals surface area (Å²) < 4.78 is 14.9. The van der Waals surface area contributed by atoms with Crippen molar-refractivity contribution >= 4 is 11.6 Å². The SMILES string of the molecule is CCCCC(CC)CNC(=O)c1cnc2c(-c3ccc(F)cc3)cnn2c1C. The molecule has 1 amide bonds. The molecule has 2 aromatic heterocycles. The standard InChI is InChI=1S/C22H27FN4O/c1-4-6-7-16(5-2)12-25-22(28)19-13-24-21-20(14-26-27(21)15(19)3)17-8-10-18(23)11-9-17/h8-11,13-14,16H,4-7,12H2,1-3H3,(H,25,28). The van der Waals surface area contributed by atoms with Crippen LogP contribution in [0.5, 0.6) is 0 Å². The molecular formula is C22H27FN4O. The van der Waals surface area contributed by atoms with E-state index < -0.39 is 0 Å². The summed E-state index contributed by atoms with van der Waals surface area (Å²) in [6, 6.07) is 6.22. The number of benzene rings is 1. The van der Waals surface area contributed by atoms with Crippen molar-refractivity contribution in [3.63, 3.8) is 0 Å². The minimum absolute atomic E-state index is 0.124. The van der Waals surface area contributed by atoms with Crippen molar-refractivity contribution in [3.8, 4) is 11.1 Å². The molecular weight excluding hydrogens is 355 g/mol. The van der Waals surface area contributed by atoms with Crippen LogP contribution in [0.3, 0.4) is 0 Å². The van der Waals surface area contributed by atoms with E-state index >= 15 is 0 Å². The number of unbranched alkanes of at least 4 members (excludes halogenated alkanes) is 1. The lowest BCUT2D eigenvalue weighted by Crippen LogP contribution is -2.30. The zero-order valence-corrected chi connectivity index (χ0v) is 16.7. The number of hydrogen-bond acceptors (Lipinski definition) is 3. The van der Waals surface area contributed by atoms with E-state index in [1.807, 2.05) is 6.92 Å². The second kappa shape index (κ2) is 8.95. The van der Waals surface area contributed by atoms with Gasteiger partial charge in [0.1, 0.15) is 5.82 Å². The molecule has 2 heterocycles. The maximum atomic E-state index is 13.2. The Labute approximate surface area is 165 Å². The topological polar surface area (TPSA) is 59.3 Å². The Balaban J connectivity index is 1.81. The Morgan fingerprint density at radius 2 is 1.96 bits per heavy atom. The molecule has 0 bridgehead atoms. The van der Waals surface area contributed by atoms with Crippen LogP contribution < -0.4 is 5.32 Å². The molecule has 0 aliphatic heterocycles. The molecule has 0 spiro atoms. The first kappa shape index (κ1) is 20.0. The fourth-order valence-corrected chi connectivity index (χ4v) is 3.38. The van der Waals surface area contributed by atoms with Crippen LogP contribution in [0.4, 0.5) is 4.39 Å². The van der Waals surface area contributed by atoms with Gasteiger partial charge in [-0.15, -0.1) is 0 Å². The van der Waals surface area contributed by atoms with Crippen LogP contribution in [-0.2, 0) is 0 Å². The summed E-state index contributed by atoms with van der Waals surface area (Å²) >= 11 is 0. The molecule has 0 radical (unpaired) electrons.